The second kappa shape index (κ2) is 53.3. The molecule has 4 bridgehead atoms. The second-order valence-electron chi connectivity index (χ2n) is 26.3. The van der Waals surface area contributed by atoms with Crippen molar-refractivity contribution in [2.45, 2.75) is 133 Å². The van der Waals surface area contributed by atoms with Crippen LogP contribution in [0.2, 0.25) is 0 Å². The Morgan fingerprint density at radius 1 is 0.559 bits per heavy atom. The Balaban J connectivity index is 0. The maximum absolute atomic E-state index is 11.0. The average Bonchev–Trinajstić information content (AvgIpc) is 1.64. The Labute approximate surface area is 679 Å². The normalized spacial score (nSPS) is 17.5. The molecule has 4 saturated carbocycles. The van der Waals surface area contributed by atoms with Crippen molar-refractivity contribution in [3.05, 3.63) is 110 Å². The first-order chi connectivity index (χ1) is 54.4. The van der Waals surface area contributed by atoms with Gasteiger partial charge in [-0.25, -0.2) is 57.9 Å². The highest BCUT2D eigenvalue weighted by Gasteiger charge is 2.49. The minimum atomic E-state index is -1.34. The fourth-order valence-electron chi connectivity index (χ4n) is 12.4. The predicted octanol–water partition coefficient (Wildman–Crippen LogP) is 4.64. The number of carbonyl (C=O) groups is 19. The van der Waals surface area contributed by atoms with E-state index in [1.54, 1.807) is 31.2 Å². The summed E-state index contributed by atoms with van der Waals surface area (Å²) < 4.78 is 1.33. The van der Waals surface area contributed by atoms with E-state index in [4.69, 9.17) is 76.6 Å². The van der Waals surface area contributed by atoms with Crippen molar-refractivity contribution in [3.8, 4) is 0 Å². The van der Waals surface area contributed by atoms with Crippen LogP contribution in [0.15, 0.2) is 59.4 Å². The van der Waals surface area contributed by atoms with Crippen LogP contribution >= 0.6 is 15.9 Å². The van der Waals surface area contributed by atoms with Gasteiger partial charge in [0.05, 0.1) is 68.2 Å². The lowest BCUT2D eigenvalue weighted by molar-refractivity contribution is -0.147. The number of rotatable bonds is 32. The van der Waals surface area contributed by atoms with Crippen LogP contribution < -0.4 is 11.0 Å². The zero-order valence-corrected chi connectivity index (χ0v) is 65.9. The van der Waals surface area contributed by atoms with Crippen LogP contribution in [-0.2, 0) is 68.9 Å². The molecular weight excluding hydrogens is 1640 g/mol. The summed E-state index contributed by atoms with van der Waals surface area (Å²) in [5.41, 5.74) is -1.18. The van der Waals surface area contributed by atoms with Gasteiger partial charge in [0.2, 0.25) is 5.91 Å². The van der Waals surface area contributed by atoms with E-state index in [-0.39, 0.29) is 103 Å². The molecular formula is C73H98BrN9O35. The number of ketones is 3. The number of H-pyrrole nitrogens is 3. The molecule has 3 heterocycles. The van der Waals surface area contributed by atoms with Gasteiger partial charge in [-0.1, -0.05) is 80.9 Å². The van der Waals surface area contributed by atoms with E-state index in [0.717, 1.165) is 41.6 Å². The number of hydrogen-bond donors (Lipinski definition) is 19. The quantitative estimate of drug-likeness (QED) is 0.0180. The number of fused-ring (bicyclic) bond motifs is 4. The standard InChI is InChI=1S/C11H18N2O7.C11H10O4.2C9H14O2.C8H10N2O4.C7H11NO5.C6H6N2O4.C6H6N2O3.C5H5BrO4.CH4/c1-8(14)4-12(5-9(15)16)2-3-13(6-10(17)18)7-11(19)20;1-7-2-4-8(5-3-7)9(11(14)15)6-10(12)13;2*1-5-6-2-3-7(4-6)8(5)9(10)11;1-2-3-10-4-9-5(7(11)12)6(10)8(13)14;1-2-5(9)8-4(7(12)13)3-6(10)11;1-2(9)3-4(5(10)11)8-6(12)7-3;1-3(9)4-5(6(10)11)8-2-7-4;6-2-3(5(9)10)1-4(7)8;/h2-7H2,1H3,(H,15,16)(H,17,18)(H,19,20);2-6H,1H3,(H,12,13)(H,14,15);2*5-8H,2-4H2,1H3,(H,10,11);4H,2-3H2,1H3,(H,11,12)(H,13,14);4H,2-3H2,1H3,(H,8,9)(H,10,11)(H,12,13);1H3,(H,10,11)(H2,7,8,12);2H,1H3,(H,7,8)(H,10,11);1H,2H2,(H,7,8)(H,9,10);1H4/b;9-6+;;;;;;;3-1+;/t;;;;;4-;;;;/m.....0..../s1. The predicted molar refractivity (Wildman–Crippen MR) is 409 cm³/mol. The van der Waals surface area contributed by atoms with Crippen molar-refractivity contribution in [2.75, 3.05) is 44.6 Å². The van der Waals surface area contributed by atoms with E-state index in [9.17, 15) is 95.9 Å². The molecule has 4 aliphatic carbocycles. The van der Waals surface area contributed by atoms with Crippen LogP contribution in [0.4, 0.5) is 0 Å². The number of carboxylic acid groups (broad SMARTS) is 15. The van der Waals surface area contributed by atoms with E-state index in [1.165, 1.54) is 68.6 Å². The summed E-state index contributed by atoms with van der Waals surface area (Å²) in [6.07, 6.45) is 11.2. The molecule has 19 N–H and O–H groups in total. The lowest BCUT2D eigenvalue weighted by Gasteiger charge is -2.24. The van der Waals surface area contributed by atoms with Gasteiger partial charge in [-0.3, -0.25) is 62.7 Å². The number of nitrogens with zero attached hydrogens (tertiary/aromatic N) is 5. The smallest absolute Gasteiger partial charge is 0.357 e. The summed E-state index contributed by atoms with van der Waals surface area (Å²) in [7, 11) is 0. The van der Waals surface area contributed by atoms with E-state index < -0.39 is 144 Å². The van der Waals surface area contributed by atoms with Crippen molar-refractivity contribution in [1.29, 1.82) is 0 Å². The number of aryl methyl sites for hydroxylation is 2. The second-order valence-corrected chi connectivity index (χ2v) is 26.8. The SMILES string of the molecule is C.CC(=O)CN(CCN(CC(=O)O)CC(=O)O)CC(=O)O.CC(=O)c1[nH]c(=O)[nH]c1C(=O)O.CC(=O)c1nc[nH]c1C(=O)O.CC1C2CCC(C2)C1C(=O)O.CC1C2CCC(C2)C1C(=O)O.CCC(=O)N[C@@H](CC(=O)O)C(=O)O.CCCn1cnc(C(=O)O)c1C(=O)O.Cc1ccc(/C(=C\C(=O)O)C(=O)O)cc1.O=C(O)/C=C(\CBr)C(=O)O. The molecule has 1 amide bonds. The molecule has 118 heavy (non-hydrogen) atoms. The molecule has 4 fully saturated rings. The number of imidazole rings is 3. The van der Waals surface area contributed by atoms with Crippen LogP contribution in [0, 0.1) is 54.3 Å². The summed E-state index contributed by atoms with van der Waals surface area (Å²) in [5, 5.41) is 131. The van der Waals surface area contributed by atoms with Crippen LogP contribution in [0.3, 0.4) is 0 Å². The third-order valence-corrected chi connectivity index (χ3v) is 18.2. The molecule has 45 heteroatoms. The number of alkyl halides is 1. The number of aliphatic carboxylic acids is 11. The minimum absolute atomic E-state index is 0. The largest absolute Gasteiger partial charge is 0.481 e. The molecule has 8 unspecified atom stereocenters. The van der Waals surface area contributed by atoms with Crippen molar-refractivity contribution in [1.82, 2.24) is 44.6 Å². The number of aromatic nitrogens is 6. The highest BCUT2D eigenvalue weighted by molar-refractivity contribution is 9.09. The first-order valence-electron chi connectivity index (χ1n) is 35.0. The summed E-state index contributed by atoms with van der Waals surface area (Å²) in [6, 6.07) is 5.28. The summed E-state index contributed by atoms with van der Waals surface area (Å²) in [6.45, 7) is 12.4. The zero-order valence-electron chi connectivity index (χ0n) is 64.3. The van der Waals surface area contributed by atoms with Crippen molar-refractivity contribution >= 4 is 134 Å². The Hall–Kier alpha value is -12.9. The van der Waals surface area contributed by atoms with Crippen LogP contribution in [-0.4, -0.2) is 279 Å². The van der Waals surface area contributed by atoms with Gasteiger partial charge in [-0.05, 0) is 99.9 Å². The van der Waals surface area contributed by atoms with Crippen molar-refractivity contribution < 1.29 is 168 Å². The van der Waals surface area contributed by atoms with E-state index in [0.29, 0.717) is 47.9 Å². The Bertz CT molecular complexity index is 4160. The van der Waals surface area contributed by atoms with Gasteiger partial charge >= 0.3 is 95.2 Å². The van der Waals surface area contributed by atoms with E-state index in [1.807, 2.05) is 18.8 Å². The first-order valence-corrected chi connectivity index (χ1v) is 36.1. The maximum Gasteiger partial charge on any atom is 0.357 e. The fraction of sp³-hybridized carbons (Fsp3) is 0.479. The maximum atomic E-state index is 11.0. The molecule has 1 aromatic carbocycles. The molecule has 0 aliphatic heterocycles. The molecule has 9 atom stereocenters. The minimum Gasteiger partial charge on any atom is -0.481 e. The van der Waals surface area contributed by atoms with Gasteiger partial charge in [0.25, 0.3) is 0 Å². The number of Topliss-reactive ketones (excluding diaryl/α,β-unsaturated/α-hetero) is 3. The molecule has 0 radical (unpaired) electrons. The number of amides is 1. The Kier molecular flexibility index (Phi) is 48.3. The fourth-order valence-corrected chi connectivity index (χ4v) is 12.8. The van der Waals surface area contributed by atoms with E-state index >= 15 is 0 Å². The molecule has 8 rings (SSSR count). The van der Waals surface area contributed by atoms with Gasteiger partial charge in [0.15, 0.2) is 34.3 Å². The van der Waals surface area contributed by atoms with Gasteiger partial charge in [-0.15, -0.1) is 0 Å². The summed E-state index contributed by atoms with van der Waals surface area (Å²) >= 11 is 2.83. The molecule has 0 spiro atoms. The van der Waals surface area contributed by atoms with Gasteiger partial charge in [0.1, 0.15) is 23.2 Å². The van der Waals surface area contributed by atoms with E-state index in [2.05, 4.69) is 55.0 Å². The van der Waals surface area contributed by atoms with Crippen molar-refractivity contribution in [2.24, 2.45) is 47.3 Å². The number of hydrogen-bond acceptors (Lipinski definition) is 24. The highest BCUT2D eigenvalue weighted by Crippen LogP contribution is 2.53. The van der Waals surface area contributed by atoms with Gasteiger partial charge < -0.3 is 96.4 Å². The number of halogens is 1. The molecule has 0 saturated heterocycles. The molecule has 3 aromatic heterocycles. The van der Waals surface area contributed by atoms with Crippen LogP contribution in [0.5, 0.6) is 0 Å². The number of carbonyl (C=O) groups excluding carboxylic acids is 4. The molecule has 652 valence electrons. The topological polar surface area (TPSA) is 741 Å². The number of carboxylic acids is 15. The lowest BCUT2D eigenvalue weighted by atomic mass is 9.81. The van der Waals surface area contributed by atoms with Crippen LogP contribution in [0.1, 0.15) is 188 Å². The number of benzene rings is 1. The summed E-state index contributed by atoms with van der Waals surface area (Å²) in [4.78, 5) is 227. The Morgan fingerprint density at radius 2 is 1.01 bits per heavy atom. The highest BCUT2D eigenvalue weighted by atomic mass is 79.9. The van der Waals surface area contributed by atoms with Crippen LogP contribution in [0.25, 0.3) is 5.57 Å². The van der Waals surface area contributed by atoms with Crippen molar-refractivity contribution in [3.63, 3.8) is 0 Å². The monoisotopic (exact) mass is 1740 g/mol. The molecule has 44 nitrogen and oxygen atoms in total. The third kappa shape index (κ3) is 38.9. The summed E-state index contributed by atoms with van der Waals surface area (Å²) in [5.74, 6) is -15.6. The third-order valence-electron chi connectivity index (χ3n) is 17.6. The Morgan fingerprint density at radius 3 is 1.30 bits per heavy atom. The lowest BCUT2D eigenvalue weighted by Crippen LogP contribution is -2.43. The first kappa shape index (κ1) is 107. The zero-order chi connectivity index (χ0) is 90.2. The number of aromatic amines is 3. The van der Waals surface area contributed by atoms with Gasteiger partial charge in [-0.2, -0.15) is 0 Å². The van der Waals surface area contributed by atoms with Gasteiger partial charge in [0, 0.05) is 57.4 Å². The molecule has 4 aliphatic rings. The number of aromatic carboxylic acids is 4. The number of nitrogens with one attached hydrogen (secondary N) is 4. The average molecular weight is 1740 g/mol. The molecule has 4 aromatic rings.